The van der Waals surface area contributed by atoms with E-state index in [2.05, 4.69) is 15.5 Å². The quantitative estimate of drug-likeness (QED) is 0.766. The fraction of sp³-hybridized carbons (Fsp3) is 0.450. The van der Waals surface area contributed by atoms with Gasteiger partial charge in [0.05, 0.1) is 17.9 Å². The summed E-state index contributed by atoms with van der Waals surface area (Å²) < 4.78 is 9.92. The van der Waals surface area contributed by atoms with Crippen LogP contribution in [0.2, 0.25) is 0 Å². The van der Waals surface area contributed by atoms with Crippen LogP contribution in [-0.2, 0) is 9.53 Å². The zero-order chi connectivity index (χ0) is 21.0. The van der Waals surface area contributed by atoms with E-state index in [4.69, 9.17) is 9.26 Å². The van der Waals surface area contributed by atoms with Gasteiger partial charge in [-0.1, -0.05) is 5.16 Å². The second kappa shape index (κ2) is 8.85. The zero-order valence-electron chi connectivity index (χ0n) is 16.7. The number of nitrogens with zero attached hydrogens (tertiary/aromatic N) is 3. The Labute approximate surface area is 168 Å². The standard InChI is InChI=1S/C20H24N4O5/c1-4-28-20(27)15-5-6-16(21-13(15)3)19(26)24-9-7-14(8-10-24)18(25)22-17-11-12(2)29-23-17/h5-6,11,14H,4,7-10H2,1-3H3,(H,22,23,25). The molecule has 0 bridgehead atoms. The molecule has 1 aliphatic heterocycles. The lowest BCUT2D eigenvalue weighted by Gasteiger charge is -2.31. The maximum absolute atomic E-state index is 12.8. The molecule has 0 atom stereocenters. The molecule has 154 valence electrons. The Balaban J connectivity index is 1.57. The Morgan fingerprint density at radius 2 is 1.97 bits per heavy atom. The molecule has 9 nitrogen and oxygen atoms in total. The molecule has 2 aromatic heterocycles. The van der Waals surface area contributed by atoms with Gasteiger partial charge < -0.3 is 19.5 Å². The molecule has 1 saturated heterocycles. The molecule has 0 saturated carbocycles. The maximum atomic E-state index is 12.8. The summed E-state index contributed by atoms with van der Waals surface area (Å²) >= 11 is 0. The van der Waals surface area contributed by atoms with E-state index in [9.17, 15) is 14.4 Å². The molecule has 29 heavy (non-hydrogen) atoms. The lowest BCUT2D eigenvalue weighted by atomic mass is 9.95. The number of nitrogens with one attached hydrogen (secondary N) is 1. The number of esters is 1. The van der Waals surface area contributed by atoms with Gasteiger partial charge in [0.2, 0.25) is 5.91 Å². The number of carbonyl (C=O) groups excluding carboxylic acids is 3. The van der Waals surface area contributed by atoms with Gasteiger partial charge in [-0.25, -0.2) is 9.78 Å². The van der Waals surface area contributed by atoms with Gasteiger partial charge in [0.25, 0.3) is 5.91 Å². The van der Waals surface area contributed by atoms with E-state index in [0.717, 1.165) is 0 Å². The molecule has 0 radical (unpaired) electrons. The van der Waals surface area contributed by atoms with Crippen molar-refractivity contribution in [1.29, 1.82) is 0 Å². The molecular formula is C20H24N4O5. The Bertz CT molecular complexity index is 915. The van der Waals surface area contributed by atoms with Gasteiger partial charge in [-0.15, -0.1) is 0 Å². The molecule has 1 aliphatic rings. The van der Waals surface area contributed by atoms with Gasteiger partial charge in [0.15, 0.2) is 5.82 Å². The van der Waals surface area contributed by atoms with Gasteiger partial charge in [-0.05, 0) is 45.7 Å². The Morgan fingerprint density at radius 3 is 2.55 bits per heavy atom. The number of carbonyl (C=O) groups is 3. The van der Waals surface area contributed by atoms with E-state index < -0.39 is 5.97 Å². The number of aryl methyl sites for hydroxylation is 2. The predicted molar refractivity (Wildman–Crippen MR) is 103 cm³/mol. The van der Waals surface area contributed by atoms with Crippen LogP contribution in [0.4, 0.5) is 5.82 Å². The van der Waals surface area contributed by atoms with Gasteiger partial charge in [0, 0.05) is 25.1 Å². The first-order valence-corrected chi connectivity index (χ1v) is 9.57. The van der Waals surface area contributed by atoms with Crippen LogP contribution >= 0.6 is 0 Å². The fourth-order valence-corrected chi connectivity index (χ4v) is 3.27. The van der Waals surface area contributed by atoms with E-state index >= 15 is 0 Å². The molecule has 0 spiro atoms. The van der Waals surface area contributed by atoms with Crippen molar-refractivity contribution in [1.82, 2.24) is 15.0 Å². The summed E-state index contributed by atoms with van der Waals surface area (Å²) in [6, 6.07) is 4.76. The van der Waals surface area contributed by atoms with Crippen molar-refractivity contribution in [2.24, 2.45) is 5.92 Å². The number of anilines is 1. The number of hydrogen-bond acceptors (Lipinski definition) is 7. The summed E-state index contributed by atoms with van der Waals surface area (Å²) in [7, 11) is 0. The van der Waals surface area contributed by atoms with Crippen molar-refractivity contribution >= 4 is 23.6 Å². The molecule has 3 heterocycles. The van der Waals surface area contributed by atoms with Gasteiger partial charge in [-0.2, -0.15) is 0 Å². The highest BCUT2D eigenvalue weighted by atomic mass is 16.5. The lowest BCUT2D eigenvalue weighted by molar-refractivity contribution is -0.121. The van der Waals surface area contributed by atoms with Crippen LogP contribution in [-0.4, -0.2) is 52.5 Å². The highest BCUT2D eigenvalue weighted by Crippen LogP contribution is 2.21. The van der Waals surface area contributed by atoms with Gasteiger partial charge in [0.1, 0.15) is 11.5 Å². The molecule has 0 aromatic carbocycles. The molecule has 3 rings (SSSR count). The highest BCUT2D eigenvalue weighted by Gasteiger charge is 2.29. The molecule has 2 aromatic rings. The number of ether oxygens (including phenoxy) is 1. The molecular weight excluding hydrogens is 376 g/mol. The Hall–Kier alpha value is -3.23. The maximum Gasteiger partial charge on any atom is 0.339 e. The van der Waals surface area contributed by atoms with Crippen LogP contribution in [0.5, 0.6) is 0 Å². The molecule has 9 heteroatoms. The summed E-state index contributed by atoms with van der Waals surface area (Å²) in [5.74, 6) is 0.0279. The second-order valence-corrected chi connectivity index (χ2v) is 6.93. The van der Waals surface area contributed by atoms with Crippen molar-refractivity contribution < 1.29 is 23.6 Å². The minimum absolute atomic E-state index is 0.127. The summed E-state index contributed by atoms with van der Waals surface area (Å²) in [4.78, 5) is 42.9. The largest absolute Gasteiger partial charge is 0.462 e. The number of pyridine rings is 1. The van der Waals surface area contributed by atoms with Crippen LogP contribution in [0.15, 0.2) is 22.7 Å². The van der Waals surface area contributed by atoms with E-state index in [-0.39, 0.29) is 30.0 Å². The van der Waals surface area contributed by atoms with Crippen molar-refractivity contribution in [3.05, 3.63) is 40.9 Å². The molecule has 2 amide bonds. The highest BCUT2D eigenvalue weighted by molar-refractivity contribution is 5.95. The number of piperidine rings is 1. The number of rotatable bonds is 5. The van der Waals surface area contributed by atoms with Crippen LogP contribution in [0.3, 0.4) is 0 Å². The molecule has 1 N–H and O–H groups in total. The van der Waals surface area contributed by atoms with E-state index in [1.165, 1.54) is 6.07 Å². The number of likely N-dealkylation sites (tertiary alicyclic amines) is 1. The molecule has 0 unspecified atom stereocenters. The van der Waals surface area contributed by atoms with Gasteiger partial charge >= 0.3 is 5.97 Å². The first-order valence-electron chi connectivity index (χ1n) is 9.57. The zero-order valence-corrected chi connectivity index (χ0v) is 16.7. The minimum atomic E-state index is -0.453. The smallest absolute Gasteiger partial charge is 0.339 e. The summed E-state index contributed by atoms with van der Waals surface area (Å²) in [6.45, 7) is 6.34. The third-order valence-corrected chi connectivity index (χ3v) is 4.83. The Morgan fingerprint density at radius 1 is 1.24 bits per heavy atom. The molecule has 0 aliphatic carbocycles. The van der Waals surface area contributed by atoms with Crippen LogP contribution in [0, 0.1) is 19.8 Å². The van der Waals surface area contributed by atoms with Crippen LogP contribution < -0.4 is 5.32 Å². The van der Waals surface area contributed by atoms with Crippen molar-refractivity contribution in [3.63, 3.8) is 0 Å². The fourth-order valence-electron chi connectivity index (χ4n) is 3.27. The first-order chi connectivity index (χ1) is 13.9. The average Bonchev–Trinajstić information content (AvgIpc) is 3.12. The van der Waals surface area contributed by atoms with E-state index in [1.54, 1.807) is 37.8 Å². The summed E-state index contributed by atoms with van der Waals surface area (Å²) in [5.41, 5.74) is 1.07. The number of hydrogen-bond donors (Lipinski definition) is 1. The number of aromatic nitrogens is 2. The van der Waals surface area contributed by atoms with E-state index in [0.29, 0.717) is 48.8 Å². The van der Waals surface area contributed by atoms with Crippen LogP contribution in [0.1, 0.15) is 52.1 Å². The minimum Gasteiger partial charge on any atom is -0.462 e. The van der Waals surface area contributed by atoms with Crippen molar-refractivity contribution in [2.45, 2.75) is 33.6 Å². The van der Waals surface area contributed by atoms with Crippen LogP contribution in [0.25, 0.3) is 0 Å². The SMILES string of the molecule is CCOC(=O)c1ccc(C(=O)N2CCC(C(=O)Nc3cc(C)on3)CC2)nc1C. The second-order valence-electron chi connectivity index (χ2n) is 6.93. The van der Waals surface area contributed by atoms with Gasteiger partial charge in [-0.3, -0.25) is 9.59 Å². The summed E-state index contributed by atoms with van der Waals surface area (Å²) in [5, 5.41) is 6.50. The number of amides is 2. The average molecular weight is 400 g/mol. The van der Waals surface area contributed by atoms with E-state index in [1.807, 2.05) is 0 Å². The van der Waals surface area contributed by atoms with Crippen molar-refractivity contribution in [3.8, 4) is 0 Å². The first kappa shape index (κ1) is 20.5. The summed E-state index contributed by atoms with van der Waals surface area (Å²) in [6.07, 6.45) is 1.10. The monoisotopic (exact) mass is 400 g/mol. The topological polar surface area (TPSA) is 115 Å². The molecule has 1 fully saturated rings. The third-order valence-electron chi connectivity index (χ3n) is 4.83. The lowest BCUT2D eigenvalue weighted by Crippen LogP contribution is -2.41. The normalized spacial score (nSPS) is 14.5. The van der Waals surface area contributed by atoms with Crippen molar-refractivity contribution in [2.75, 3.05) is 25.0 Å². The Kier molecular flexibility index (Phi) is 6.26. The predicted octanol–water partition coefficient (Wildman–Crippen LogP) is 2.35. The third kappa shape index (κ3) is 4.79.